The van der Waals surface area contributed by atoms with E-state index in [-0.39, 0.29) is 11.7 Å². The molecule has 0 unspecified atom stereocenters. The Hall–Kier alpha value is -1.64. The summed E-state index contributed by atoms with van der Waals surface area (Å²) in [5.41, 5.74) is 1.04. The number of carbonyl (C=O) groups is 1. The van der Waals surface area contributed by atoms with Crippen LogP contribution in [-0.4, -0.2) is 34.0 Å². The van der Waals surface area contributed by atoms with Crippen molar-refractivity contribution in [3.8, 4) is 17.1 Å². The summed E-state index contributed by atoms with van der Waals surface area (Å²) in [6.45, 7) is 0. The molecule has 1 heterocycles. The summed E-state index contributed by atoms with van der Waals surface area (Å²) in [5.74, 6) is 0.858. The molecule has 146 valence electrons. The van der Waals surface area contributed by atoms with E-state index in [0.717, 1.165) is 11.8 Å². The average molecular weight is 478 g/mol. The molecule has 0 fully saturated rings. The van der Waals surface area contributed by atoms with Crippen LogP contribution in [0.5, 0.6) is 5.75 Å². The van der Waals surface area contributed by atoms with E-state index >= 15 is 0 Å². The molecule has 0 bridgehead atoms. The third-order valence-corrected chi connectivity index (χ3v) is 5.62. The molecule has 0 aliphatic rings. The van der Waals surface area contributed by atoms with Crippen LogP contribution in [0.3, 0.4) is 0 Å². The number of hydrogen-bond donors (Lipinski definition) is 2. The number of thioether (sulfide) groups is 1. The van der Waals surface area contributed by atoms with Gasteiger partial charge in [0.25, 0.3) is 0 Å². The van der Waals surface area contributed by atoms with Gasteiger partial charge in [-0.3, -0.25) is 9.89 Å². The fourth-order valence-electron chi connectivity index (χ4n) is 2.23. The Morgan fingerprint density at radius 3 is 2.64 bits per heavy atom. The molecule has 0 aliphatic carbocycles. The van der Waals surface area contributed by atoms with Gasteiger partial charge in [-0.1, -0.05) is 58.2 Å². The number of anilines is 1. The summed E-state index contributed by atoms with van der Waals surface area (Å²) in [4.78, 5) is 16.6. The Bertz CT molecular complexity index is 1030. The Labute approximate surface area is 184 Å². The van der Waals surface area contributed by atoms with E-state index in [4.69, 9.17) is 51.1 Å². The first-order valence-corrected chi connectivity index (χ1v) is 10.2. The molecular formula is C17H12Cl4N4O2S. The second-order valence-electron chi connectivity index (χ2n) is 5.39. The minimum atomic E-state index is -0.294. The van der Waals surface area contributed by atoms with Crippen LogP contribution in [0.2, 0.25) is 20.1 Å². The van der Waals surface area contributed by atoms with Gasteiger partial charge in [-0.25, -0.2) is 4.98 Å². The van der Waals surface area contributed by atoms with E-state index in [9.17, 15) is 4.79 Å². The fourth-order valence-corrected chi connectivity index (χ4v) is 3.60. The first-order chi connectivity index (χ1) is 13.4. The summed E-state index contributed by atoms with van der Waals surface area (Å²) in [6.07, 6.45) is 0. The summed E-state index contributed by atoms with van der Waals surface area (Å²) >= 11 is 25.1. The summed E-state index contributed by atoms with van der Waals surface area (Å²) < 4.78 is 5.31. The number of nitrogens with one attached hydrogen (secondary N) is 2. The molecule has 11 heteroatoms. The number of halogens is 4. The maximum Gasteiger partial charge on any atom is 0.234 e. The molecule has 3 rings (SSSR count). The van der Waals surface area contributed by atoms with Gasteiger partial charge in [-0.15, -0.1) is 5.10 Å². The predicted molar refractivity (Wildman–Crippen MR) is 114 cm³/mol. The fraction of sp³-hybridized carbons (Fsp3) is 0.118. The van der Waals surface area contributed by atoms with Gasteiger partial charge in [0.2, 0.25) is 11.1 Å². The van der Waals surface area contributed by atoms with Gasteiger partial charge in [0, 0.05) is 5.02 Å². The smallest absolute Gasteiger partial charge is 0.234 e. The van der Waals surface area contributed by atoms with Crippen LogP contribution in [0.15, 0.2) is 35.5 Å². The zero-order valence-electron chi connectivity index (χ0n) is 14.2. The van der Waals surface area contributed by atoms with E-state index in [1.165, 1.54) is 12.1 Å². The lowest BCUT2D eigenvalue weighted by molar-refractivity contribution is -0.113. The molecule has 2 aromatic carbocycles. The summed E-state index contributed by atoms with van der Waals surface area (Å²) in [5, 5.41) is 11.4. The second kappa shape index (κ2) is 9.24. The third kappa shape index (κ3) is 5.04. The molecule has 0 saturated carbocycles. The highest BCUT2D eigenvalue weighted by Gasteiger charge is 2.14. The minimum absolute atomic E-state index is 0.0700. The van der Waals surface area contributed by atoms with Gasteiger partial charge < -0.3 is 10.1 Å². The molecular weight excluding hydrogens is 466 g/mol. The molecule has 3 aromatic rings. The number of hydrogen-bond acceptors (Lipinski definition) is 5. The number of nitrogens with zero attached hydrogens (tertiary/aromatic N) is 2. The highest BCUT2D eigenvalue weighted by molar-refractivity contribution is 7.99. The first kappa shape index (κ1) is 21.1. The summed E-state index contributed by atoms with van der Waals surface area (Å²) in [6, 6.07) is 8.13. The van der Waals surface area contributed by atoms with Crippen molar-refractivity contribution in [1.29, 1.82) is 0 Å². The van der Waals surface area contributed by atoms with Crippen molar-refractivity contribution in [3.05, 3.63) is 50.4 Å². The van der Waals surface area contributed by atoms with Crippen molar-refractivity contribution in [1.82, 2.24) is 15.2 Å². The van der Waals surface area contributed by atoms with Crippen molar-refractivity contribution >= 4 is 69.8 Å². The number of amides is 1. The molecule has 6 nitrogen and oxygen atoms in total. The van der Waals surface area contributed by atoms with Crippen molar-refractivity contribution in [2.24, 2.45) is 0 Å². The van der Waals surface area contributed by atoms with Crippen LogP contribution in [0, 0.1) is 0 Å². The standard InChI is InChI=1S/C17H12Cl4N4O2S/c1-27-14-3-2-8(18)4-9(14)16-23-17(25-24-16)28-7-15(26)22-13-6-11(20)10(19)5-12(13)21/h2-6H,7H2,1H3,(H,22,26)(H,23,24,25). The first-order valence-electron chi connectivity index (χ1n) is 7.71. The maximum absolute atomic E-state index is 12.2. The Morgan fingerprint density at radius 1 is 1.14 bits per heavy atom. The number of carbonyl (C=O) groups excluding carboxylic acids is 1. The molecule has 0 spiro atoms. The van der Waals surface area contributed by atoms with Gasteiger partial charge in [0.05, 0.1) is 39.2 Å². The lowest BCUT2D eigenvalue weighted by Gasteiger charge is -2.08. The van der Waals surface area contributed by atoms with Crippen LogP contribution in [0.4, 0.5) is 5.69 Å². The Morgan fingerprint density at radius 2 is 1.89 bits per heavy atom. The minimum Gasteiger partial charge on any atom is -0.496 e. The van der Waals surface area contributed by atoms with E-state index in [1.54, 1.807) is 25.3 Å². The molecule has 2 N–H and O–H groups in total. The maximum atomic E-state index is 12.2. The number of aromatic nitrogens is 3. The molecule has 1 aromatic heterocycles. The number of H-pyrrole nitrogens is 1. The molecule has 0 radical (unpaired) electrons. The van der Waals surface area contributed by atoms with E-state index < -0.39 is 0 Å². The lowest BCUT2D eigenvalue weighted by atomic mass is 10.2. The lowest BCUT2D eigenvalue weighted by Crippen LogP contribution is -2.14. The van der Waals surface area contributed by atoms with Crippen molar-refractivity contribution < 1.29 is 9.53 Å². The Balaban J connectivity index is 1.66. The second-order valence-corrected chi connectivity index (χ2v) is 7.99. The normalized spacial score (nSPS) is 10.8. The highest BCUT2D eigenvalue weighted by Crippen LogP contribution is 2.33. The molecule has 0 saturated heterocycles. The number of aromatic amines is 1. The Kier molecular flexibility index (Phi) is 6.95. The number of ether oxygens (including phenoxy) is 1. The molecule has 1 amide bonds. The van der Waals surface area contributed by atoms with E-state index in [1.807, 2.05) is 0 Å². The van der Waals surface area contributed by atoms with Crippen molar-refractivity contribution in [3.63, 3.8) is 0 Å². The highest BCUT2D eigenvalue weighted by atomic mass is 35.5. The van der Waals surface area contributed by atoms with Crippen LogP contribution in [0.1, 0.15) is 0 Å². The van der Waals surface area contributed by atoms with Crippen molar-refractivity contribution in [2.45, 2.75) is 5.16 Å². The van der Waals surface area contributed by atoms with E-state index in [2.05, 4.69) is 20.5 Å². The van der Waals surface area contributed by atoms with Gasteiger partial charge in [-0.05, 0) is 30.3 Å². The quantitative estimate of drug-likeness (QED) is 0.345. The SMILES string of the molecule is COc1ccc(Cl)cc1-c1nc(SCC(=O)Nc2cc(Cl)c(Cl)cc2Cl)n[nH]1. The van der Waals surface area contributed by atoms with Gasteiger partial charge in [0.1, 0.15) is 5.75 Å². The zero-order valence-corrected chi connectivity index (χ0v) is 18.1. The van der Waals surface area contributed by atoms with Gasteiger partial charge in [-0.2, -0.15) is 0 Å². The van der Waals surface area contributed by atoms with Crippen LogP contribution < -0.4 is 10.1 Å². The average Bonchev–Trinajstić information content (AvgIpc) is 3.13. The zero-order chi connectivity index (χ0) is 20.3. The predicted octanol–water partition coefficient (Wildman–Crippen LogP) is 5.82. The molecule has 28 heavy (non-hydrogen) atoms. The van der Waals surface area contributed by atoms with Crippen molar-refractivity contribution in [2.75, 3.05) is 18.2 Å². The van der Waals surface area contributed by atoms with E-state index in [0.29, 0.717) is 48.1 Å². The van der Waals surface area contributed by atoms with Crippen LogP contribution >= 0.6 is 58.2 Å². The number of rotatable bonds is 6. The largest absolute Gasteiger partial charge is 0.496 e. The number of methoxy groups -OCH3 is 1. The molecule has 0 atom stereocenters. The van der Waals surface area contributed by atoms with Crippen LogP contribution in [-0.2, 0) is 4.79 Å². The number of benzene rings is 2. The topological polar surface area (TPSA) is 79.9 Å². The third-order valence-electron chi connectivity index (χ3n) is 3.50. The van der Waals surface area contributed by atoms with Gasteiger partial charge in [0.15, 0.2) is 5.82 Å². The monoisotopic (exact) mass is 476 g/mol. The van der Waals surface area contributed by atoms with Crippen LogP contribution in [0.25, 0.3) is 11.4 Å². The van der Waals surface area contributed by atoms with Gasteiger partial charge >= 0.3 is 0 Å². The molecule has 0 aliphatic heterocycles. The summed E-state index contributed by atoms with van der Waals surface area (Å²) in [7, 11) is 1.55.